The van der Waals surface area contributed by atoms with Crippen LogP contribution in [0.3, 0.4) is 0 Å². The Morgan fingerprint density at radius 2 is 1.79 bits per heavy atom. The van der Waals surface area contributed by atoms with E-state index in [2.05, 4.69) is 10.0 Å². The molecule has 3 rings (SSSR count). The zero-order valence-corrected chi connectivity index (χ0v) is 20.5. The molecule has 178 valence electrons. The molecule has 0 unspecified atom stereocenters. The van der Waals surface area contributed by atoms with Crippen molar-refractivity contribution in [3.8, 4) is 0 Å². The second-order valence-corrected chi connectivity index (χ2v) is 10.8. The van der Waals surface area contributed by atoms with Crippen LogP contribution in [-0.4, -0.2) is 39.4 Å². The monoisotopic (exact) mass is 471 g/mol. The van der Waals surface area contributed by atoms with Crippen molar-refractivity contribution in [3.05, 3.63) is 59.2 Å². The third-order valence-corrected chi connectivity index (χ3v) is 7.26. The molecule has 0 spiro atoms. The molecule has 0 bridgehead atoms. The number of nitrogens with one attached hydrogen (secondary N) is 2. The predicted octanol–water partition coefficient (Wildman–Crippen LogP) is 2.96. The molecule has 2 amide bonds. The lowest BCUT2D eigenvalue weighted by atomic mass is 10.0. The standard InChI is InChI=1S/C25H33N3O4S/c1-17(2)15-23(25(30)26-13-11-20-7-5-18(3)6-8-20)27-33(31,32)22-9-10-24-21(16-22)12-14-28(24)19(4)29/h5-10,16-17,23,27H,11-15H2,1-4H3,(H,26,30)/t23-/m1/s1. The minimum atomic E-state index is -3.91. The molecule has 0 aliphatic carbocycles. The Hall–Kier alpha value is -2.71. The second-order valence-electron chi connectivity index (χ2n) is 9.04. The Bertz CT molecular complexity index is 1110. The van der Waals surface area contributed by atoms with Crippen LogP contribution in [0.15, 0.2) is 47.4 Å². The molecule has 0 fully saturated rings. The molecule has 1 atom stereocenters. The van der Waals surface area contributed by atoms with E-state index in [1.165, 1.54) is 18.6 Å². The topological polar surface area (TPSA) is 95.6 Å². The van der Waals surface area contributed by atoms with Crippen LogP contribution >= 0.6 is 0 Å². The molecule has 1 heterocycles. The number of carbonyl (C=O) groups excluding carboxylic acids is 2. The number of nitrogens with zero attached hydrogens (tertiary/aromatic N) is 1. The summed E-state index contributed by atoms with van der Waals surface area (Å²) in [5, 5.41) is 2.88. The van der Waals surface area contributed by atoms with Gasteiger partial charge in [0.25, 0.3) is 0 Å². The maximum absolute atomic E-state index is 13.1. The van der Waals surface area contributed by atoms with Gasteiger partial charge in [0.2, 0.25) is 21.8 Å². The number of hydrogen-bond donors (Lipinski definition) is 2. The van der Waals surface area contributed by atoms with E-state index in [0.29, 0.717) is 32.4 Å². The highest BCUT2D eigenvalue weighted by atomic mass is 32.2. The molecule has 0 saturated heterocycles. The van der Waals surface area contributed by atoms with Gasteiger partial charge in [0.05, 0.1) is 4.90 Å². The van der Waals surface area contributed by atoms with Gasteiger partial charge in [-0.3, -0.25) is 9.59 Å². The SMILES string of the molecule is CC(=O)N1CCc2cc(S(=O)(=O)N[C@H](CC(C)C)C(=O)NCCc3ccc(C)cc3)ccc21. The first kappa shape index (κ1) is 24.9. The van der Waals surface area contributed by atoms with Crippen molar-refractivity contribution in [2.45, 2.75) is 57.9 Å². The summed E-state index contributed by atoms with van der Waals surface area (Å²) < 4.78 is 28.8. The van der Waals surface area contributed by atoms with Gasteiger partial charge in [0.1, 0.15) is 6.04 Å². The highest BCUT2D eigenvalue weighted by molar-refractivity contribution is 7.89. The van der Waals surface area contributed by atoms with E-state index >= 15 is 0 Å². The van der Waals surface area contributed by atoms with Gasteiger partial charge in [0, 0.05) is 25.7 Å². The van der Waals surface area contributed by atoms with Crippen LogP contribution in [-0.2, 0) is 32.5 Å². The number of anilines is 1. The fourth-order valence-electron chi connectivity index (χ4n) is 4.02. The molecule has 33 heavy (non-hydrogen) atoms. The number of carbonyl (C=O) groups is 2. The molecular weight excluding hydrogens is 438 g/mol. The van der Waals surface area contributed by atoms with Crippen molar-refractivity contribution in [1.29, 1.82) is 0 Å². The number of benzene rings is 2. The van der Waals surface area contributed by atoms with Crippen molar-refractivity contribution < 1.29 is 18.0 Å². The van der Waals surface area contributed by atoms with Crippen LogP contribution < -0.4 is 14.9 Å². The molecular formula is C25H33N3O4S. The second kappa shape index (κ2) is 10.5. The third-order valence-electron chi connectivity index (χ3n) is 5.79. The fourth-order valence-corrected chi connectivity index (χ4v) is 5.27. The largest absolute Gasteiger partial charge is 0.354 e. The summed E-state index contributed by atoms with van der Waals surface area (Å²) >= 11 is 0. The number of aryl methyl sites for hydroxylation is 1. The molecule has 0 radical (unpaired) electrons. The summed E-state index contributed by atoms with van der Waals surface area (Å²) in [6, 6.07) is 12.0. The van der Waals surface area contributed by atoms with Crippen LogP contribution in [0.1, 0.15) is 43.9 Å². The Kier molecular flexibility index (Phi) is 7.92. The summed E-state index contributed by atoms with van der Waals surface area (Å²) in [4.78, 5) is 26.4. The molecule has 0 aromatic heterocycles. The first-order valence-corrected chi connectivity index (χ1v) is 12.8. The van der Waals surface area contributed by atoms with E-state index in [4.69, 9.17) is 0 Å². The van der Waals surface area contributed by atoms with Gasteiger partial charge < -0.3 is 10.2 Å². The number of amides is 2. The van der Waals surface area contributed by atoms with E-state index in [-0.39, 0.29) is 22.6 Å². The van der Waals surface area contributed by atoms with Crippen molar-refractivity contribution in [2.75, 3.05) is 18.0 Å². The lowest BCUT2D eigenvalue weighted by Crippen LogP contribution is -2.47. The molecule has 0 saturated carbocycles. The van der Waals surface area contributed by atoms with Gasteiger partial charge in [0.15, 0.2) is 0 Å². The molecule has 2 aromatic rings. The van der Waals surface area contributed by atoms with Crippen molar-refractivity contribution in [2.24, 2.45) is 5.92 Å². The molecule has 7 nitrogen and oxygen atoms in total. The first-order valence-electron chi connectivity index (χ1n) is 11.3. The summed E-state index contributed by atoms with van der Waals surface area (Å²) in [5.41, 5.74) is 3.85. The van der Waals surface area contributed by atoms with Gasteiger partial charge in [-0.1, -0.05) is 43.7 Å². The third kappa shape index (κ3) is 6.42. The number of rotatable bonds is 9. The summed E-state index contributed by atoms with van der Waals surface area (Å²) in [6.45, 7) is 8.39. The van der Waals surface area contributed by atoms with Crippen molar-refractivity contribution in [3.63, 3.8) is 0 Å². The first-order chi connectivity index (χ1) is 15.6. The van der Waals surface area contributed by atoms with Crippen LogP contribution in [0.25, 0.3) is 0 Å². The Morgan fingerprint density at radius 3 is 2.42 bits per heavy atom. The van der Waals surface area contributed by atoms with Crippen LogP contribution in [0.4, 0.5) is 5.69 Å². The minimum absolute atomic E-state index is 0.0678. The zero-order valence-electron chi connectivity index (χ0n) is 19.7. The Labute approximate surface area is 196 Å². The maximum Gasteiger partial charge on any atom is 0.241 e. The minimum Gasteiger partial charge on any atom is -0.354 e. The van der Waals surface area contributed by atoms with E-state index < -0.39 is 16.1 Å². The van der Waals surface area contributed by atoms with Crippen molar-refractivity contribution >= 4 is 27.5 Å². The highest BCUT2D eigenvalue weighted by Crippen LogP contribution is 2.30. The average Bonchev–Trinajstić information content (AvgIpc) is 3.18. The summed E-state index contributed by atoms with van der Waals surface area (Å²) in [6.07, 6.45) is 1.66. The van der Waals surface area contributed by atoms with E-state index in [1.54, 1.807) is 17.0 Å². The molecule has 8 heteroatoms. The van der Waals surface area contributed by atoms with E-state index in [0.717, 1.165) is 16.8 Å². The lowest BCUT2D eigenvalue weighted by Gasteiger charge is -2.21. The Balaban J connectivity index is 1.69. The van der Waals surface area contributed by atoms with Gasteiger partial charge in [-0.15, -0.1) is 0 Å². The van der Waals surface area contributed by atoms with Gasteiger partial charge in [-0.05, 0) is 61.4 Å². The highest BCUT2D eigenvalue weighted by Gasteiger charge is 2.29. The number of sulfonamides is 1. The van der Waals surface area contributed by atoms with E-state index in [1.807, 2.05) is 45.0 Å². The maximum atomic E-state index is 13.1. The lowest BCUT2D eigenvalue weighted by molar-refractivity contribution is -0.123. The van der Waals surface area contributed by atoms with E-state index in [9.17, 15) is 18.0 Å². The molecule has 1 aliphatic rings. The van der Waals surface area contributed by atoms with Crippen LogP contribution in [0.2, 0.25) is 0 Å². The van der Waals surface area contributed by atoms with Gasteiger partial charge in [-0.25, -0.2) is 8.42 Å². The van der Waals surface area contributed by atoms with Crippen molar-refractivity contribution in [1.82, 2.24) is 10.0 Å². The fraction of sp³-hybridized carbons (Fsp3) is 0.440. The van der Waals surface area contributed by atoms with Gasteiger partial charge >= 0.3 is 0 Å². The smallest absolute Gasteiger partial charge is 0.241 e. The molecule has 2 aromatic carbocycles. The number of hydrogen-bond acceptors (Lipinski definition) is 4. The summed E-state index contributed by atoms with van der Waals surface area (Å²) in [7, 11) is -3.91. The normalized spacial score (nSPS) is 14.3. The zero-order chi connectivity index (χ0) is 24.2. The predicted molar refractivity (Wildman–Crippen MR) is 130 cm³/mol. The van der Waals surface area contributed by atoms with Crippen LogP contribution in [0, 0.1) is 12.8 Å². The number of fused-ring (bicyclic) bond motifs is 1. The van der Waals surface area contributed by atoms with Crippen LogP contribution in [0.5, 0.6) is 0 Å². The molecule has 1 aliphatic heterocycles. The van der Waals surface area contributed by atoms with Gasteiger partial charge in [-0.2, -0.15) is 4.72 Å². The molecule has 2 N–H and O–H groups in total. The Morgan fingerprint density at radius 1 is 1.09 bits per heavy atom. The summed E-state index contributed by atoms with van der Waals surface area (Å²) in [5.74, 6) is -0.269. The average molecular weight is 472 g/mol. The quantitative estimate of drug-likeness (QED) is 0.588.